The number of carbonyl (C=O) groups is 1. The minimum Gasteiger partial charge on any atom is -0.378 e. The predicted molar refractivity (Wildman–Crippen MR) is 144 cm³/mol. The van der Waals surface area contributed by atoms with Crippen LogP contribution in [-0.2, 0) is 4.74 Å². The Kier molecular flexibility index (Phi) is 16.2. The van der Waals surface area contributed by atoms with E-state index < -0.39 is 0 Å². The van der Waals surface area contributed by atoms with Gasteiger partial charge in [0.05, 0.1) is 18.6 Å². The average Bonchev–Trinajstić information content (AvgIpc) is 2.79. The highest BCUT2D eigenvalue weighted by atomic mass is 33.1. The topological polar surface area (TPSA) is 65.6 Å². The normalized spacial score (nSPS) is 11.9. The SMILES string of the molecule is CCSSC(NCCOCCNC#CC(C)C)c1ccc(C(=O)N(C)CCNC(C)C)cc1. The summed E-state index contributed by atoms with van der Waals surface area (Å²) < 4.78 is 5.69. The zero-order valence-electron chi connectivity index (χ0n) is 21.1. The minimum atomic E-state index is 0.0484. The monoisotopic (exact) mass is 494 g/mol. The molecule has 0 radical (unpaired) electrons. The van der Waals surface area contributed by atoms with Gasteiger partial charge < -0.3 is 20.3 Å². The van der Waals surface area contributed by atoms with Crippen LogP contribution in [0.25, 0.3) is 0 Å². The molecule has 1 unspecified atom stereocenters. The Morgan fingerprint density at radius 3 is 2.39 bits per heavy atom. The van der Waals surface area contributed by atoms with Crippen LogP contribution in [0, 0.1) is 17.9 Å². The van der Waals surface area contributed by atoms with Crippen LogP contribution < -0.4 is 16.0 Å². The van der Waals surface area contributed by atoms with Crippen molar-refractivity contribution in [3.05, 3.63) is 35.4 Å². The third-order valence-corrected chi connectivity index (χ3v) is 7.18. The van der Waals surface area contributed by atoms with Gasteiger partial charge in [-0.25, -0.2) is 0 Å². The summed E-state index contributed by atoms with van der Waals surface area (Å²) in [5, 5.41) is 10.1. The first-order chi connectivity index (χ1) is 15.8. The molecule has 0 aliphatic carbocycles. The largest absolute Gasteiger partial charge is 0.378 e. The fraction of sp³-hybridized carbons (Fsp3) is 0.640. The molecule has 0 aliphatic rings. The molecule has 8 heteroatoms. The van der Waals surface area contributed by atoms with Crippen LogP contribution in [-0.4, -0.2) is 69.0 Å². The molecular weight excluding hydrogens is 452 g/mol. The molecule has 1 aromatic rings. The number of amides is 1. The number of hydrogen-bond acceptors (Lipinski definition) is 7. The highest BCUT2D eigenvalue weighted by Gasteiger charge is 2.15. The van der Waals surface area contributed by atoms with Crippen molar-refractivity contribution in [1.29, 1.82) is 0 Å². The summed E-state index contributed by atoms with van der Waals surface area (Å²) in [6.45, 7) is 14.7. The van der Waals surface area contributed by atoms with Crippen molar-refractivity contribution in [2.75, 3.05) is 52.2 Å². The van der Waals surface area contributed by atoms with Gasteiger partial charge in [0.2, 0.25) is 0 Å². The molecule has 1 amide bonds. The summed E-state index contributed by atoms with van der Waals surface area (Å²) in [6, 6.07) is 11.3. The molecule has 0 aromatic heterocycles. The van der Waals surface area contributed by atoms with Gasteiger partial charge in [-0.05, 0) is 17.7 Å². The Hall–Kier alpha value is -1.37. The van der Waals surface area contributed by atoms with Crippen molar-refractivity contribution in [2.24, 2.45) is 5.92 Å². The summed E-state index contributed by atoms with van der Waals surface area (Å²) in [5.41, 5.74) is 1.88. The van der Waals surface area contributed by atoms with Crippen molar-refractivity contribution in [1.82, 2.24) is 20.9 Å². The van der Waals surface area contributed by atoms with Crippen LogP contribution in [0.15, 0.2) is 24.3 Å². The molecule has 0 bridgehead atoms. The molecule has 1 atom stereocenters. The zero-order valence-corrected chi connectivity index (χ0v) is 22.7. The lowest BCUT2D eigenvalue weighted by Crippen LogP contribution is -2.36. The lowest BCUT2D eigenvalue weighted by molar-refractivity contribution is 0.0795. The average molecular weight is 495 g/mol. The maximum atomic E-state index is 12.7. The smallest absolute Gasteiger partial charge is 0.253 e. The van der Waals surface area contributed by atoms with E-state index in [1.54, 1.807) is 15.7 Å². The Morgan fingerprint density at radius 2 is 1.76 bits per heavy atom. The number of carbonyl (C=O) groups excluding carboxylic acids is 1. The molecular formula is C25H42N4O2S2. The van der Waals surface area contributed by atoms with Crippen LogP contribution in [0.5, 0.6) is 0 Å². The van der Waals surface area contributed by atoms with Crippen LogP contribution in [0.2, 0.25) is 0 Å². The third kappa shape index (κ3) is 13.8. The molecule has 0 saturated carbocycles. The molecule has 186 valence electrons. The fourth-order valence-corrected chi connectivity index (χ4v) is 4.81. The number of likely N-dealkylation sites (N-methyl/N-ethyl adjacent to an activating group) is 1. The highest BCUT2D eigenvalue weighted by Crippen LogP contribution is 2.35. The summed E-state index contributed by atoms with van der Waals surface area (Å²) in [7, 11) is 5.48. The van der Waals surface area contributed by atoms with E-state index in [4.69, 9.17) is 4.74 Å². The number of hydrogen-bond donors (Lipinski definition) is 3. The van der Waals surface area contributed by atoms with E-state index in [1.165, 1.54) is 0 Å². The van der Waals surface area contributed by atoms with Crippen LogP contribution in [0.4, 0.5) is 0 Å². The number of rotatable bonds is 16. The molecule has 0 aliphatic heterocycles. The van der Waals surface area contributed by atoms with E-state index in [9.17, 15) is 4.79 Å². The van der Waals surface area contributed by atoms with E-state index in [0.29, 0.717) is 37.3 Å². The number of nitrogens with zero attached hydrogens (tertiary/aromatic N) is 1. The van der Waals surface area contributed by atoms with Gasteiger partial charge in [-0.15, -0.1) is 0 Å². The molecule has 0 saturated heterocycles. The van der Waals surface area contributed by atoms with E-state index in [-0.39, 0.29) is 11.3 Å². The number of benzene rings is 1. The van der Waals surface area contributed by atoms with Crippen LogP contribution >= 0.6 is 21.6 Å². The van der Waals surface area contributed by atoms with Gasteiger partial charge >= 0.3 is 0 Å². The van der Waals surface area contributed by atoms with Crippen molar-refractivity contribution in [3.63, 3.8) is 0 Å². The van der Waals surface area contributed by atoms with Gasteiger partial charge in [-0.1, -0.05) is 74.3 Å². The van der Waals surface area contributed by atoms with Crippen LogP contribution in [0.1, 0.15) is 55.9 Å². The van der Waals surface area contributed by atoms with Crippen molar-refractivity contribution < 1.29 is 9.53 Å². The Bertz CT molecular complexity index is 717. The second-order valence-corrected chi connectivity index (χ2v) is 11.0. The summed E-state index contributed by atoms with van der Waals surface area (Å²) in [4.78, 5) is 14.5. The van der Waals surface area contributed by atoms with E-state index >= 15 is 0 Å². The van der Waals surface area contributed by atoms with Gasteiger partial charge in [0.15, 0.2) is 0 Å². The predicted octanol–water partition coefficient (Wildman–Crippen LogP) is 3.97. The maximum absolute atomic E-state index is 12.7. The molecule has 33 heavy (non-hydrogen) atoms. The van der Waals surface area contributed by atoms with Crippen molar-refractivity contribution >= 4 is 27.5 Å². The number of ether oxygens (including phenoxy) is 1. The quantitative estimate of drug-likeness (QED) is 0.106. The van der Waals surface area contributed by atoms with Gasteiger partial charge in [0.1, 0.15) is 0 Å². The first-order valence-electron chi connectivity index (χ1n) is 11.8. The van der Waals surface area contributed by atoms with Gasteiger partial charge in [-0.2, -0.15) is 0 Å². The first-order valence-corrected chi connectivity index (χ1v) is 14.1. The molecule has 1 aromatic carbocycles. The van der Waals surface area contributed by atoms with Gasteiger partial charge in [-0.3, -0.25) is 10.1 Å². The van der Waals surface area contributed by atoms with Gasteiger partial charge in [0, 0.05) is 62.5 Å². The molecule has 0 heterocycles. The fourth-order valence-electron chi connectivity index (χ4n) is 2.73. The minimum absolute atomic E-state index is 0.0484. The zero-order chi connectivity index (χ0) is 24.5. The van der Waals surface area contributed by atoms with E-state index in [0.717, 1.165) is 31.0 Å². The summed E-state index contributed by atoms with van der Waals surface area (Å²) >= 11 is 0. The summed E-state index contributed by atoms with van der Waals surface area (Å²) in [5.74, 6) is 4.53. The Labute approximate surface area is 209 Å². The Morgan fingerprint density at radius 1 is 1.06 bits per heavy atom. The lowest BCUT2D eigenvalue weighted by Gasteiger charge is -2.20. The molecule has 0 spiro atoms. The lowest BCUT2D eigenvalue weighted by atomic mass is 10.1. The van der Waals surface area contributed by atoms with E-state index in [1.807, 2.05) is 42.1 Å². The molecule has 0 fully saturated rings. The third-order valence-electron chi connectivity index (χ3n) is 4.49. The van der Waals surface area contributed by atoms with E-state index in [2.05, 4.69) is 62.5 Å². The highest BCUT2D eigenvalue weighted by molar-refractivity contribution is 8.76. The molecule has 3 N–H and O–H groups in total. The van der Waals surface area contributed by atoms with Gasteiger partial charge in [0.25, 0.3) is 5.91 Å². The number of nitrogens with one attached hydrogen (secondary N) is 3. The first kappa shape index (κ1) is 29.7. The maximum Gasteiger partial charge on any atom is 0.253 e. The molecule has 6 nitrogen and oxygen atoms in total. The summed E-state index contributed by atoms with van der Waals surface area (Å²) in [6.07, 6.45) is 0. The second kappa shape index (κ2) is 18.0. The van der Waals surface area contributed by atoms with Crippen molar-refractivity contribution in [2.45, 2.75) is 46.0 Å². The molecule has 1 rings (SSSR count). The second-order valence-electron chi connectivity index (χ2n) is 8.26. The Balaban J connectivity index is 2.49. The van der Waals surface area contributed by atoms with Crippen LogP contribution in [0.3, 0.4) is 0 Å². The standard InChI is InChI=1S/C25H42N4O2S2/c1-7-32-33-24(28-16-19-31-18-15-26-13-12-20(2)3)22-8-10-23(11-9-22)25(30)29(6)17-14-27-21(4)5/h8-11,20-21,24,26-28H,7,14-19H2,1-6H3. The van der Waals surface area contributed by atoms with Crippen molar-refractivity contribution in [3.8, 4) is 12.0 Å².